The summed E-state index contributed by atoms with van der Waals surface area (Å²) in [6, 6.07) is 21.6. The highest BCUT2D eigenvalue weighted by molar-refractivity contribution is 7.99. The summed E-state index contributed by atoms with van der Waals surface area (Å²) >= 11 is 1.85. The van der Waals surface area contributed by atoms with E-state index in [0.717, 1.165) is 23.3 Å². The third kappa shape index (κ3) is 5.95. The fraction of sp³-hybridized carbons (Fsp3) is 0.400. The Balaban J connectivity index is 2.19. The van der Waals surface area contributed by atoms with Crippen molar-refractivity contribution in [2.24, 2.45) is 0 Å². The maximum atomic E-state index is 11.2. The molecule has 3 heteroatoms. The average molecular weight is 463 g/mol. The van der Waals surface area contributed by atoms with Crippen LogP contribution in [0.1, 0.15) is 81.5 Å². The molecule has 33 heavy (non-hydrogen) atoms. The van der Waals surface area contributed by atoms with E-state index in [4.69, 9.17) is 4.74 Å². The molecule has 0 bridgehead atoms. The molecule has 0 radical (unpaired) electrons. The lowest BCUT2D eigenvalue weighted by atomic mass is 9.78. The van der Waals surface area contributed by atoms with Gasteiger partial charge >= 0.3 is 0 Å². The molecule has 176 valence electrons. The van der Waals surface area contributed by atoms with Gasteiger partial charge in [-0.05, 0) is 69.3 Å². The van der Waals surface area contributed by atoms with E-state index in [1.807, 2.05) is 23.9 Å². The van der Waals surface area contributed by atoms with E-state index in [9.17, 15) is 5.11 Å². The maximum absolute atomic E-state index is 11.2. The summed E-state index contributed by atoms with van der Waals surface area (Å²) in [5.74, 6) is 1.27. The smallest absolute Gasteiger partial charge is 0.123 e. The Kier molecular flexibility index (Phi) is 7.53. The minimum atomic E-state index is -0.169. The molecule has 1 N–H and O–H groups in total. The summed E-state index contributed by atoms with van der Waals surface area (Å²) in [5, 5.41) is 11.3. The fourth-order valence-corrected chi connectivity index (χ4v) is 5.13. The van der Waals surface area contributed by atoms with Crippen LogP contribution in [0.25, 0.3) is 0 Å². The van der Waals surface area contributed by atoms with Gasteiger partial charge in [0.25, 0.3) is 0 Å². The van der Waals surface area contributed by atoms with Crippen molar-refractivity contribution in [3.05, 3.63) is 88.5 Å². The van der Waals surface area contributed by atoms with E-state index in [1.165, 1.54) is 21.6 Å². The number of hydrogen-bond acceptors (Lipinski definition) is 3. The topological polar surface area (TPSA) is 29.5 Å². The molecule has 0 aromatic heterocycles. The van der Waals surface area contributed by atoms with Gasteiger partial charge in [-0.15, -0.1) is 11.8 Å². The normalized spacial score (nSPS) is 13.1. The highest BCUT2D eigenvalue weighted by Crippen LogP contribution is 2.46. The first-order chi connectivity index (χ1) is 15.4. The summed E-state index contributed by atoms with van der Waals surface area (Å²) in [4.78, 5) is 1.23. The second kappa shape index (κ2) is 9.85. The Morgan fingerprint density at radius 2 is 1.30 bits per heavy atom. The van der Waals surface area contributed by atoms with Gasteiger partial charge in [0.1, 0.15) is 11.5 Å². The van der Waals surface area contributed by atoms with E-state index < -0.39 is 0 Å². The van der Waals surface area contributed by atoms with Gasteiger partial charge in [0.15, 0.2) is 0 Å². The van der Waals surface area contributed by atoms with Crippen LogP contribution in [0.5, 0.6) is 11.5 Å². The highest BCUT2D eigenvalue weighted by Gasteiger charge is 2.29. The first-order valence-corrected chi connectivity index (χ1v) is 12.6. The summed E-state index contributed by atoms with van der Waals surface area (Å²) in [6.45, 7) is 15.2. The van der Waals surface area contributed by atoms with Crippen molar-refractivity contribution in [3.63, 3.8) is 0 Å². The van der Waals surface area contributed by atoms with Crippen LogP contribution in [-0.4, -0.2) is 12.2 Å². The second-order valence-corrected chi connectivity index (χ2v) is 11.9. The van der Waals surface area contributed by atoms with Crippen molar-refractivity contribution in [2.45, 2.75) is 75.9 Å². The molecule has 0 saturated heterocycles. The van der Waals surface area contributed by atoms with Crippen LogP contribution < -0.4 is 4.74 Å². The number of benzene rings is 3. The van der Waals surface area contributed by atoms with Crippen LogP contribution in [0.15, 0.2) is 65.6 Å². The Labute approximate surface area is 204 Å². The van der Waals surface area contributed by atoms with E-state index in [-0.39, 0.29) is 16.1 Å². The Hall–Kier alpha value is -2.39. The first-order valence-electron chi connectivity index (χ1n) is 11.7. The molecule has 2 nitrogen and oxygen atoms in total. The van der Waals surface area contributed by atoms with Crippen molar-refractivity contribution in [2.75, 3.05) is 7.11 Å². The lowest BCUT2D eigenvalue weighted by molar-refractivity contribution is 0.414. The minimum absolute atomic E-state index is 0.0891. The lowest BCUT2D eigenvalue weighted by Gasteiger charge is -2.30. The number of thioether (sulfide) groups is 1. The molecule has 0 saturated carbocycles. The summed E-state index contributed by atoms with van der Waals surface area (Å²) in [6.07, 6.45) is 1.04. The molecule has 3 rings (SSSR count). The van der Waals surface area contributed by atoms with Crippen molar-refractivity contribution >= 4 is 11.8 Å². The zero-order chi connectivity index (χ0) is 24.4. The van der Waals surface area contributed by atoms with Crippen LogP contribution >= 0.6 is 11.8 Å². The molecule has 0 amide bonds. The lowest BCUT2D eigenvalue weighted by Crippen LogP contribution is -2.18. The van der Waals surface area contributed by atoms with Crippen LogP contribution in [0, 0.1) is 0 Å². The number of rotatable bonds is 6. The van der Waals surface area contributed by atoms with Crippen molar-refractivity contribution in [1.29, 1.82) is 0 Å². The van der Waals surface area contributed by atoms with Gasteiger partial charge in [-0.25, -0.2) is 0 Å². The third-order valence-corrected chi connectivity index (χ3v) is 7.38. The fourth-order valence-electron chi connectivity index (χ4n) is 4.00. The van der Waals surface area contributed by atoms with Crippen molar-refractivity contribution < 1.29 is 9.84 Å². The Morgan fingerprint density at radius 1 is 0.788 bits per heavy atom. The monoisotopic (exact) mass is 462 g/mol. The zero-order valence-corrected chi connectivity index (χ0v) is 22.1. The van der Waals surface area contributed by atoms with Crippen molar-refractivity contribution in [1.82, 2.24) is 0 Å². The minimum Gasteiger partial charge on any atom is -0.507 e. The number of phenols is 1. The standard InChI is InChI=1S/C30H38O2S/c1-9-20-10-16-24(17-11-20)33-28(21-12-14-23(32-8)15-13-21)22-18-25(29(2,3)4)27(31)26(19-22)30(5,6)7/h10-19,28,31H,9H2,1-8H3. The quantitative estimate of drug-likeness (QED) is 0.373. The predicted octanol–water partition coefficient (Wildman–Crippen LogP) is 8.44. The largest absolute Gasteiger partial charge is 0.507 e. The number of phenolic OH excluding ortho intramolecular Hbond substituents is 1. The van der Waals surface area contributed by atoms with Gasteiger partial charge in [-0.1, -0.05) is 84.9 Å². The van der Waals surface area contributed by atoms with E-state index in [0.29, 0.717) is 5.75 Å². The van der Waals surface area contributed by atoms with Gasteiger partial charge in [-0.3, -0.25) is 0 Å². The van der Waals surface area contributed by atoms with Crippen LogP contribution in [0.2, 0.25) is 0 Å². The average Bonchev–Trinajstić information content (AvgIpc) is 2.77. The zero-order valence-electron chi connectivity index (χ0n) is 21.3. The molecule has 3 aromatic carbocycles. The van der Waals surface area contributed by atoms with Gasteiger partial charge in [0.05, 0.1) is 12.4 Å². The first kappa shape index (κ1) is 25.2. The molecular weight excluding hydrogens is 424 g/mol. The molecule has 1 unspecified atom stereocenters. The SMILES string of the molecule is CCc1ccc(SC(c2ccc(OC)cc2)c2cc(C(C)(C)C)c(O)c(C(C)(C)C)c2)cc1. The molecule has 0 spiro atoms. The predicted molar refractivity (Wildman–Crippen MR) is 142 cm³/mol. The number of hydrogen-bond donors (Lipinski definition) is 1. The van der Waals surface area contributed by atoms with E-state index in [1.54, 1.807) is 7.11 Å². The molecule has 0 aliphatic carbocycles. The molecule has 3 aromatic rings. The molecule has 0 aliphatic heterocycles. The van der Waals surface area contributed by atoms with Crippen molar-refractivity contribution in [3.8, 4) is 11.5 Å². The molecule has 0 fully saturated rings. The van der Waals surface area contributed by atoms with Crippen LogP contribution in [0.4, 0.5) is 0 Å². The maximum Gasteiger partial charge on any atom is 0.123 e. The van der Waals surface area contributed by atoms with Gasteiger partial charge in [0.2, 0.25) is 0 Å². The summed E-state index contributed by atoms with van der Waals surface area (Å²) in [5.41, 5.74) is 5.41. The number of ether oxygens (including phenoxy) is 1. The van der Waals surface area contributed by atoms with Crippen LogP contribution in [-0.2, 0) is 17.3 Å². The summed E-state index contributed by atoms with van der Waals surface area (Å²) in [7, 11) is 1.70. The highest BCUT2D eigenvalue weighted by atomic mass is 32.2. The third-order valence-electron chi connectivity index (χ3n) is 6.06. The number of methoxy groups -OCH3 is 1. The summed E-state index contributed by atoms with van der Waals surface area (Å²) < 4.78 is 5.40. The number of aromatic hydroxyl groups is 1. The molecule has 0 aliphatic rings. The number of aryl methyl sites for hydroxylation is 1. The Morgan fingerprint density at radius 3 is 1.73 bits per heavy atom. The second-order valence-electron chi connectivity index (χ2n) is 10.7. The van der Waals surface area contributed by atoms with Gasteiger partial charge in [0, 0.05) is 4.90 Å². The van der Waals surface area contributed by atoms with Crippen LogP contribution in [0.3, 0.4) is 0 Å². The van der Waals surface area contributed by atoms with E-state index >= 15 is 0 Å². The Bertz CT molecular complexity index is 1030. The van der Waals surface area contributed by atoms with Gasteiger partial charge in [-0.2, -0.15) is 0 Å². The molecule has 1 atom stereocenters. The van der Waals surface area contributed by atoms with E-state index in [2.05, 4.69) is 97.0 Å². The molecular formula is C30H38O2S. The molecule has 0 heterocycles. The van der Waals surface area contributed by atoms with Gasteiger partial charge < -0.3 is 9.84 Å².